The Labute approximate surface area is 192 Å². The molecule has 0 aliphatic rings. The zero-order valence-electron chi connectivity index (χ0n) is 19.9. The van der Waals surface area contributed by atoms with Crippen LogP contribution in [0.4, 0.5) is 0 Å². The number of benzene rings is 2. The molecule has 0 aliphatic heterocycles. The summed E-state index contributed by atoms with van der Waals surface area (Å²) in [6.45, 7) is 4.50. The molecule has 0 heterocycles. The molecule has 0 spiro atoms. The molecular formula is C28H44O2Si. The van der Waals surface area contributed by atoms with Crippen molar-refractivity contribution in [3.63, 3.8) is 0 Å². The van der Waals surface area contributed by atoms with Crippen molar-refractivity contribution >= 4 is 18.9 Å². The fraction of sp³-hybridized carbons (Fsp3) is 0.571. The lowest BCUT2D eigenvalue weighted by Crippen LogP contribution is -2.59. The minimum atomic E-state index is -3.61. The van der Waals surface area contributed by atoms with Crippen LogP contribution in [0, 0.1) is 0 Å². The van der Waals surface area contributed by atoms with E-state index in [-0.39, 0.29) is 0 Å². The van der Waals surface area contributed by atoms with Gasteiger partial charge in [0.15, 0.2) is 0 Å². The van der Waals surface area contributed by atoms with E-state index in [4.69, 9.17) is 0 Å². The molecular weight excluding hydrogens is 396 g/mol. The molecule has 0 aromatic heterocycles. The summed E-state index contributed by atoms with van der Waals surface area (Å²) in [4.78, 5) is 21.9. The number of aryl methyl sites for hydroxylation is 2. The maximum atomic E-state index is 10.9. The Balaban J connectivity index is 1.82. The van der Waals surface area contributed by atoms with E-state index in [0.29, 0.717) is 10.4 Å². The number of hydrogen-bond donors (Lipinski definition) is 2. The Kier molecular flexibility index (Phi) is 12.2. The van der Waals surface area contributed by atoms with Gasteiger partial charge in [0.1, 0.15) is 0 Å². The van der Waals surface area contributed by atoms with Gasteiger partial charge in [-0.1, -0.05) is 127 Å². The lowest BCUT2D eigenvalue weighted by Gasteiger charge is -2.19. The van der Waals surface area contributed by atoms with Crippen LogP contribution in [0.25, 0.3) is 0 Å². The van der Waals surface area contributed by atoms with Crippen LogP contribution in [0.1, 0.15) is 102 Å². The van der Waals surface area contributed by atoms with Crippen LogP contribution in [0.15, 0.2) is 48.5 Å². The van der Waals surface area contributed by atoms with Crippen LogP contribution in [-0.2, 0) is 12.8 Å². The van der Waals surface area contributed by atoms with Gasteiger partial charge in [-0.3, -0.25) is 0 Å². The normalized spacial score (nSPS) is 11.7. The van der Waals surface area contributed by atoms with Crippen LogP contribution in [0.3, 0.4) is 0 Å². The largest absolute Gasteiger partial charge is 0.404 e. The summed E-state index contributed by atoms with van der Waals surface area (Å²) in [6, 6.07) is 16.0. The average Bonchev–Trinajstić information content (AvgIpc) is 2.79. The van der Waals surface area contributed by atoms with E-state index >= 15 is 0 Å². The summed E-state index contributed by atoms with van der Waals surface area (Å²) in [5.41, 5.74) is 2.58. The summed E-state index contributed by atoms with van der Waals surface area (Å²) in [5, 5.41) is 1.34. The smallest absolute Gasteiger partial charge is 0.401 e. The summed E-state index contributed by atoms with van der Waals surface area (Å²) >= 11 is 0. The van der Waals surface area contributed by atoms with Crippen molar-refractivity contribution in [3.05, 3.63) is 59.7 Å². The van der Waals surface area contributed by atoms with E-state index in [1.54, 1.807) is 0 Å². The zero-order valence-corrected chi connectivity index (χ0v) is 20.9. The first-order valence-electron chi connectivity index (χ1n) is 12.7. The quantitative estimate of drug-likeness (QED) is 0.247. The molecule has 0 aliphatic carbocycles. The highest BCUT2D eigenvalue weighted by Gasteiger charge is 2.34. The molecule has 3 heteroatoms. The maximum Gasteiger partial charge on any atom is 0.401 e. The first-order valence-corrected chi connectivity index (χ1v) is 14.6. The van der Waals surface area contributed by atoms with Gasteiger partial charge in [0.05, 0.1) is 0 Å². The average molecular weight is 441 g/mol. The summed E-state index contributed by atoms with van der Waals surface area (Å²) in [5.74, 6) is 0. The molecule has 0 atom stereocenters. The van der Waals surface area contributed by atoms with Gasteiger partial charge in [0.2, 0.25) is 0 Å². The van der Waals surface area contributed by atoms with Gasteiger partial charge in [0, 0.05) is 0 Å². The zero-order chi connectivity index (χ0) is 22.4. The molecule has 0 saturated carbocycles. The van der Waals surface area contributed by atoms with Crippen molar-refractivity contribution in [3.8, 4) is 0 Å². The molecule has 2 aromatic carbocycles. The summed E-state index contributed by atoms with van der Waals surface area (Å²) < 4.78 is 0. The molecule has 0 amide bonds. The molecule has 2 N–H and O–H groups in total. The highest BCUT2D eigenvalue weighted by atomic mass is 28.4. The third kappa shape index (κ3) is 9.30. The van der Waals surface area contributed by atoms with Crippen LogP contribution in [-0.4, -0.2) is 18.2 Å². The predicted molar refractivity (Wildman–Crippen MR) is 137 cm³/mol. The maximum absolute atomic E-state index is 10.9. The van der Waals surface area contributed by atoms with Crippen LogP contribution in [0.5, 0.6) is 0 Å². The van der Waals surface area contributed by atoms with E-state index in [0.717, 1.165) is 12.8 Å². The molecule has 0 fully saturated rings. The standard InChI is InChI=1S/C28H44O2Si/c1-3-5-7-9-11-13-15-25-17-21-27(22-18-25)31(29,30)28-23-19-26(20-24-28)16-14-12-10-8-6-4-2/h17-24,29-30H,3-16H2,1-2H3. The number of rotatable bonds is 16. The minimum Gasteiger partial charge on any atom is -0.404 e. The minimum absolute atomic E-state index is 0.669. The van der Waals surface area contributed by atoms with Gasteiger partial charge in [-0.05, 0) is 47.2 Å². The third-order valence-electron chi connectivity index (χ3n) is 6.35. The molecule has 0 unspecified atom stereocenters. The van der Waals surface area contributed by atoms with Gasteiger partial charge in [-0.25, -0.2) is 0 Å². The lowest BCUT2D eigenvalue weighted by atomic mass is 10.1. The fourth-order valence-corrected chi connectivity index (χ4v) is 5.79. The lowest BCUT2D eigenvalue weighted by molar-refractivity contribution is 0.401. The van der Waals surface area contributed by atoms with E-state index in [9.17, 15) is 9.59 Å². The molecule has 172 valence electrons. The van der Waals surface area contributed by atoms with E-state index < -0.39 is 8.56 Å². The second-order valence-corrected chi connectivity index (χ2v) is 11.6. The molecule has 0 bridgehead atoms. The van der Waals surface area contributed by atoms with E-state index in [1.165, 1.54) is 88.2 Å². The number of hydrogen-bond acceptors (Lipinski definition) is 2. The molecule has 2 aromatic rings. The molecule has 31 heavy (non-hydrogen) atoms. The van der Waals surface area contributed by atoms with Crippen molar-refractivity contribution < 1.29 is 9.59 Å². The Morgan fingerprint density at radius 3 is 1.16 bits per heavy atom. The highest BCUT2D eigenvalue weighted by Crippen LogP contribution is 2.12. The van der Waals surface area contributed by atoms with Gasteiger partial charge in [0.25, 0.3) is 0 Å². The first-order chi connectivity index (χ1) is 15.1. The molecule has 0 radical (unpaired) electrons. The predicted octanol–water partition coefficient (Wildman–Crippen LogP) is 6.03. The molecule has 2 rings (SSSR count). The second kappa shape index (κ2) is 14.6. The van der Waals surface area contributed by atoms with Crippen molar-refractivity contribution in [1.82, 2.24) is 0 Å². The van der Waals surface area contributed by atoms with Crippen molar-refractivity contribution in [2.75, 3.05) is 0 Å². The Morgan fingerprint density at radius 1 is 0.484 bits per heavy atom. The van der Waals surface area contributed by atoms with E-state index in [2.05, 4.69) is 38.1 Å². The van der Waals surface area contributed by atoms with Crippen LogP contribution in [0.2, 0.25) is 0 Å². The fourth-order valence-electron chi connectivity index (χ4n) is 4.19. The Morgan fingerprint density at radius 2 is 0.806 bits per heavy atom. The monoisotopic (exact) mass is 440 g/mol. The number of unbranched alkanes of at least 4 members (excludes halogenated alkanes) is 10. The van der Waals surface area contributed by atoms with E-state index in [1.807, 2.05) is 24.3 Å². The Hall–Kier alpha value is -1.42. The Bertz CT molecular complexity index is 645. The van der Waals surface area contributed by atoms with Gasteiger partial charge >= 0.3 is 8.56 Å². The van der Waals surface area contributed by atoms with Crippen LogP contribution < -0.4 is 10.4 Å². The van der Waals surface area contributed by atoms with Gasteiger partial charge in [-0.2, -0.15) is 0 Å². The van der Waals surface area contributed by atoms with Crippen molar-refractivity contribution in [2.45, 2.75) is 104 Å². The molecule has 2 nitrogen and oxygen atoms in total. The third-order valence-corrected chi connectivity index (χ3v) is 8.63. The highest BCUT2D eigenvalue weighted by molar-refractivity contribution is 6.90. The van der Waals surface area contributed by atoms with Crippen molar-refractivity contribution in [1.29, 1.82) is 0 Å². The summed E-state index contributed by atoms with van der Waals surface area (Å²) in [7, 11) is -3.61. The summed E-state index contributed by atoms with van der Waals surface area (Å²) in [6.07, 6.45) is 17.7. The van der Waals surface area contributed by atoms with Crippen LogP contribution >= 0.6 is 0 Å². The molecule has 0 saturated heterocycles. The first kappa shape index (κ1) is 25.8. The van der Waals surface area contributed by atoms with Crippen molar-refractivity contribution in [2.24, 2.45) is 0 Å². The SMILES string of the molecule is CCCCCCCCc1ccc([Si](O)(O)c2ccc(CCCCCCCC)cc2)cc1. The van der Waals surface area contributed by atoms with Gasteiger partial charge in [-0.15, -0.1) is 0 Å². The second-order valence-electron chi connectivity index (χ2n) is 9.10. The topological polar surface area (TPSA) is 40.5 Å². The van der Waals surface area contributed by atoms with Gasteiger partial charge < -0.3 is 9.59 Å².